The molecular weight excluding hydrogens is 406 g/mol. The highest BCUT2D eigenvalue weighted by molar-refractivity contribution is 7.99. The molecule has 0 saturated carbocycles. The van der Waals surface area contributed by atoms with E-state index in [9.17, 15) is 4.79 Å². The smallest absolute Gasteiger partial charge is 0.228 e. The summed E-state index contributed by atoms with van der Waals surface area (Å²) in [6, 6.07) is 7.77. The first-order chi connectivity index (χ1) is 14.0. The molecule has 0 saturated heterocycles. The van der Waals surface area contributed by atoms with Crippen LogP contribution in [0, 0.1) is 0 Å². The minimum atomic E-state index is -0.269. The van der Waals surface area contributed by atoms with Gasteiger partial charge in [-0.3, -0.25) is 4.79 Å². The number of carbonyl (C=O) groups excluding carboxylic acids is 1. The molecule has 0 aliphatic carbocycles. The lowest BCUT2D eigenvalue weighted by Gasteiger charge is -2.20. The van der Waals surface area contributed by atoms with Crippen molar-refractivity contribution in [2.24, 2.45) is 0 Å². The molecule has 6 nitrogen and oxygen atoms in total. The third-order valence-electron chi connectivity index (χ3n) is 4.88. The van der Waals surface area contributed by atoms with Gasteiger partial charge < -0.3 is 16.0 Å². The highest BCUT2D eigenvalue weighted by atomic mass is 35.5. The van der Waals surface area contributed by atoms with Crippen LogP contribution in [0.1, 0.15) is 48.8 Å². The number of aromatic nitrogens is 2. The molecule has 0 bridgehead atoms. The molecule has 1 aromatic carbocycles. The molecule has 0 unspecified atom stereocenters. The van der Waals surface area contributed by atoms with Gasteiger partial charge in [-0.25, -0.2) is 9.97 Å². The van der Waals surface area contributed by atoms with E-state index in [1.807, 2.05) is 36.0 Å². The summed E-state index contributed by atoms with van der Waals surface area (Å²) in [5.74, 6) is 1.53. The lowest BCUT2D eigenvalue weighted by molar-refractivity contribution is -0.122. The van der Waals surface area contributed by atoms with Crippen LogP contribution in [0.3, 0.4) is 0 Å². The normalized spacial score (nSPS) is 16.5. The first-order valence-electron chi connectivity index (χ1n) is 9.91. The number of benzene rings is 1. The molecule has 3 N–H and O–H groups in total. The predicted molar refractivity (Wildman–Crippen MR) is 121 cm³/mol. The lowest BCUT2D eigenvalue weighted by Crippen LogP contribution is -2.39. The summed E-state index contributed by atoms with van der Waals surface area (Å²) in [4.78, 5) is 21.6. The second-order valence-corrected chi connectivity index (χ2v) is 9.19. The maximum atomic E-state index is 12.9. The molecule has 0 radical (unpaired) electrons. The molecule has 156 valence electrons. The van der Waals surface area contributed by atoms with Gasteiger partial charge >= 0.3 is 0 Å². The number of hydrogen-bond donors (Lipinski definition) is 3. The highest BCUT2D eigenvalue weighted by Crippen LogP contribution is 2.42. The van der Waals surface area contributed by atoms with Gasteiger partial charge in [-0.1, -0.05) is 37.6 Å². The summed E-state index contributed by atoms with van der Waals surface area (Å²) < 4.78 is 0. The fourth-order valence-electron chi connectivity index (χ4n) is 3.30. The van der Waals surface area contributed by atoms with Crippen molar-refractivity contribution in [2.45, 2.75) is 43.7 Å². The number of fused-ring (bicyclic) bond motifs is 1. The SMILES string of the molecule is CC(C)NC[C@@H](C(=O)NCCNc1ncnc2c1[C@H](C)SC2)c1ccc(Cl)cc1. The largest absolute Gasteiger partial charge is 0.368 e. The fourth-order valence-corrected chi connectivity index (χ4v) is 4.48. The zero-order valence-electron chi connectivity index (χ0n) is 17.0. The molecule has 1 amide bonds. The van der Waals surface area contributed by atoms with Crippen molar-refractivity contribution in [2.75, 3.05) is 25.0 Å². The first-order valence-corrected chi connectivity index (χ1v) is 11.3. The van der Waals surface area contributed by atoms with Crippen LogP contribution in [-0.2, 0) is 10.5 Å². The Morgan fingerprint density at radius 1 is 1.24 bits per heavy atom. The van der Waals surface area contributed by atoms with Gasteiger partial charge in [0, 0.05) is 47.3 Å². The first kappa shape index (κ1) is 21.9. The van der Waals surface area contributed by atoms with E-state index in [2.05, 4.69) is 46.7 Å². The Kier molecular flexibility index (Phi) is 7.75. The van der Waals surface area contributed by atoms with Gasteiger partial charge in [-0.2, -0.15) is 0 Å². The number of halogens is 1. The number of nitrogens with one attached hydrogen (secondary N) is 3. The van der Waals surface area contributed by atoms with E-state index in [0.29, 0.717) is 35.9 Å². The number of rotatable bonds is 9. The van der Waals surface area contributed by atoms with Crippen LogP contribution in [0.4, 0.5) is 5.82 Å². The van der Waals surface area contributed by atoms with Crippen LogP contribution >= 0.6 is 23.4 Å². The number of thioether (sulfide) groups is 1. The number of amides is 1. The van der Waals surface area contributed by atoms with Gasteiger partial charge in [-0.15, -0.1) is 11.8 Å². The Balaban J connectivity index is 1.56. The molecule has 1 aromatic heterocycles. The van der Waals surface area contributed by atoms with Gasteiger partial charge in [0.2, 0.25) is 5.91 Å². The van der Waals surface area contributed by atoms with Crippen molar-refractivity contribution in [1.82, 2.24) is 20.6 Å². The fraction of sp³-hybridized carbons (Fsp3) is 0.476. The Hall–Kier alpha value is -1.83. The van der Waals surface area contributed by atoms with Gasteiger partial charge in [0.25, 0.3) is 0 Å². The van der Waals surface area contributed by atoms with Crippen LogP contribution in [0.5, 0.6) is 0 Å². The third kappa shape index (κ3) is 5.84. The summed E-state index contributed by atoms with van der Waals surface area (Å²) in [6.45, 7) is 8.01. The molecule has 0 fully saturated rings. The average Bonchev–Trinajstić information content (AvgIpc) is 3.08. The molecule has 2 aromatic rings. The van der Waals surface area contributed by atoms with E-state index in [4.69, 9.17) is 11.6 Å². The molecule has 2 heterocycles. The van der Waals surface area contributed by atoms with Crippen molar-refractivity contribution < 1.29 is 4.79 Å². The van der Waals surface area contributed by atoms with Crippen LogP contribution in [0.15, 0.2) is 30.6 Å². The zero-order chi connectivity index (χ0) is 20.8. The summed E-state index contributed by atoms with van der Waals surface area (Å²) >= 11 is 7.86. The molecule has 1 aliphatic rings. The molecule has 3 rings (SSSR count). The summed E-state index contributed by atoms with van der Waals surface area (Å²) in [5, 5.41) is 10.8. The third-order valence-corrected chi connectivity index (χ3v) is 6.31. The van der Waals surface area contributed by atoms with Crippen LogP contribution in [0.25, 0.3) is 0 Å². The van der Waals surface area contributed by atoms with E-state index in [-0.39, 0.29) is 11.8 Å². The van der Waals surface area contributed by atoms with Crippen molar-refractivity contribution in [3.8, 4) is 0 Å². The second-order valence-electron chi connectivity index (χ2n) is 7.42. The number of hydrogen-bond acceptors (Lipinski definition) is 6. The van der Waals surface area contributed by atoms with E-state index in [0.717, 1.165) is 22.8 Å². The van der Waals surface area contributed by atoms with Crippen molar-refractivity contribution in [1.29, 1.82) is 0 Å². The van der Waals surface area contributed by atoms with E-state index < -0.39 is 0 Å². The highest BCUT2D eigenvalue weighted by Gasteiger charge is 2.24. The zero-order valence-corrected chi connectivity index (χ0v) is 18.6. The van der Waals surface area contributed by atoms with Crippen molar-refractivity contribution in [3.63, 3.8) is 0 Å². The molecule has 29 heavy (non-hydrogen) atoms. The predicted octanol–water partition coefficient (Wildman–Crippen LogP) is 3.75. The molecule has 0 spiro atoms. The maximum Gasteiger partial charge on any atom is 0.228 e. The topological polar surface area (TPSA) is 78.9 Å². The molecular formula is C21H28ClN5OS. The number of nitrogens with zero attached hydrogens (tertiary/aromatic N) is 2. The Morgan fingerprint density at radius 2 is 2.00 bits per heavy atom. The second kappa shape index (κ2) is 10.3. The summed E-state index contributed by atoms with van der Waals surface area (Å²) in [5.41, 5.74) is 3.24. The average molecular weight is 434 g/mol. The Labute approximate surface area is 181 Å². The van der Waals surface area contributed by atoms with E-state index >= 15 is 0 Å². The van der Waals surface area contributed by atoms with Gasteiger partial charge in [0.1, 0.15) is 12.1 Å². The van der Waals surface area contributed by atoms with Crippen LogP contribution in [-0.4, -0.2) is 41.6 Å². The quantitative estimate of drug-likeness (QED) is 0.523. The van der Waals surface area contributed by atoms with Gasteiger partial charge in [0.05, 0.1) is 11.6 Å². The van der Waals surface area contributed by atoms with Crippen molar-refractivity contribution in [3.05, 3.63) is 52.4 Å². The Bertz CT molecular complexity index is 830. The minimum absolute atomic E-state index is 0.000822. The minimum Gasteiger partial charge on any atom is -0.368 e. The van der Waals surface area contributed by atoms with E-state index in [1.165, 1.54) is 5.56 Å². The summed E-state index contributed by atoms with van der Waals surface area (Å²) in [7, 11) is 0. The molecule has 1 aliphatic heterocycles. The Morgan fingerprint density at radius 3 is 2.72 bits per heavy atom. The van der Waals surface area contributed by atoms with E-state index in [1.54, 1.807) is 6.33 Å². The van der Waals surface area contributed by atoms with Crippen LogP contribution < -0.4 is 16.0 Å². The molecule has 8 heteroatoms. The molecule has 2 atom stereocenters. The van der Waals surface area contributed by atoms with Gasteiger partial charge in [0.15, 0.2) is 0 Å². The van der Waals surface area contributed by atoms with Crippen LogP contribution in [0.2, 0.25) is 5.02 Å². The van der Waals surface area contributed by atoms with Crippen molar-refractivity contribution >= 4 is 35.1 Å². The number of anilines is 1. The lowest BCUT2D eigenvalue weighted by atomic mass is 9.98. The summed E-state index contributed by atoms with van der Waals surface area (Å²) in [6.07, 6.45) is 1.60. The maximum absolute atomic E-state index is 12.9. The standard InChI is InChI=1S/C21H28ClN5OS/c1-13(2)25-10-17(15-4-6-16(22)7-5-15)21(28)24-9-8-23-20-19-14(3)29-11-18(19)26-12-27-20/h4-7,12-14,17,25H,8-11H2,1-3H3,(H,24,28)(H,23,26,27)/t14-,17+/m0/s1. The van der Waals surface area contributed by atoms with Gasteiger partial charge in [-0.05, 0) is 24.6 Å². The number of carbonyl (C=O) groups is 1. The monoisotopic (exact) mass is 433 g/mol.